The number of hydrogen-bond donors (Lipinski definition) is 2. The largest absolute Gasteiger partial charge is 0.453 e. The topological polar surface area (TPSA) is 83.6 Å². The predicted octanol–water partition coefficient (Wildman–Crippen LogP) is 1.48. The van der Waals surface area contributed by atoms with Crippen LogP contribution in [0, 0.1) is 6.92 Å². The van der Waals surface area contributed by atoms with Crippen LogP contribution in [0.15, 0.2) is 5.38 Å². The van der Waals surface area contributed by atoms with Gasteiger partial charge in [-0.05, 0) is 19.8 Å². The number of hydrogen-bond acceptors (Lipinski definition) is 5. The van der Waals surface area contributed by atoms with Gasteiger partial charge in [-0.2, -0.15) is 0 Å². The molecule has 0 bridgehead atoms. The first kappa shape index (κ1) is 15.6. The van der Waals surface area contributed by atoms with Crippen molar-refractivity contribution in [3.05, 3.63) is 16.1 Å². The number of urea groups is 1. The number of carbonyl (C=O) groups excluding carboxylic acids is 2. The molecule has 2 N–H and O–H groups in total. The van der Waals surface area contributed by atoms with Gasteiger partial charge in [-0.25, -0.2) is 14.6 Å². The molecular weight excluding hydrogens is 292 g/mol. The van der Waals surface area contributed by atoms with Gasteiger partial charge in [0.25, 0.3) is 0 Å². The molecule has 1 aromatic rings. The normalized spacial score (nSPS) is 18.2. The molecule has 116 valence electrons. The van der Waals surface area contributed by atoms with E-state index < -0.39 is 0 Å². The number of carbonyl (C=O) groups is 2. The molecule has 1 saturated heterocycles. The lowest BCUT2D eigenvalue weighted by molar-refractivity contribution is 0.108. The number of methoxy groups -OCH3 is 1. The molecular formula is C13H20N4O3S. The molecule has 0 spiro atoms. The third kappa shape index (κ3) is 4.59. The minimum atomic E-state index is -0.347. The molecule has 1 fully saturated rings. The summed E-state index contributed by atoms with van der Waals surface area (Å²) in [6, 6.07) is -0.282. The van der Waals surface area contributed by atoms with Gasteiger partial charge in [0.15, 0.2) is 0 Å². The Hall–Kier alpha value is -1.83. The molecule has 3 amide bonds. The molecule has 0 aromatic carbocycles. The highest BCUT2D eigenvalue weighted by molar-refractivity contribution is 7.09. The van der Waals surface area contributed by atoms with Crippen LogP contribution in [0.5, 0.6) is 0 Å². The van der Waals surface area contributed by atoms with Crippen LogP contribution < -0.4 is 10.6 Å². The molecule has 2 rings (SSSR count). The van der Waals surface area contributed by atoms with Gasteiger partial charge >= 0.3 is 12.1 Å². The van der Waals surface area contributed by atoms with Gasteiger partial charge in [0.05, 0.1) is 13.7 Å². The average molecular weight is 312 g/mol. The van der Waals surface area contributed by atoms with E-state index in [1.165, 1.54) is 18.4 Å². The second kappa shape index (κ2) is 7.26. The monoisotopic (exact) mass is 312 g/mol. The second-order valence-corrected chi connectivity index (χ2v) is 5.91. The molecule has 0 unspecified atom stereocenters. The highest BCUT2D eigenvalue weighted by atomic mass is 32.1. The SMILES string of the molecule is COC(=O)N1CCC[C@@H](NC(=O)NCc2nc(C)cs2)C1. The summed E-state index contributed by atoms with van der Waals surface area (Å²) in [6.07, 6.45) is 1.36. The van der Waals surface area contributed by atoms with Gasteiger partial charge in [0.2, 0.25) is 0 Å². The first-order valence-corrected chi connectivity index (χ1v) is 7.74. The Bertz CT molecular complexity index is 505. The summed E-state index contributed by atoms with van der Waals surface area (Å²) in [5, 5.41) is 8.49. The number of rotatable bonds is 3. The van der Waals surface area contributed by atoms with E-state index in [2.05, 4.69) is 15.6 Å². The van der Waals surface area contributed by atoms with E-state index in [0.717, 1.165) is 23.5 Å². The van der Waals surface area contributed by atoms with E-state index in [0.29, 0.717) is 19.6 Å². The van der Waals surface area contributed by atoms with Crippen LogP contribution in [-0.2, 0) is 11.3 Å². The number of nitrogens with zero attached hydrogens (tertiary/aromatic N) is 2. The van der Waals surface area contributed by atoms with E-state index in [9.17, 15) is 9.59 Å². The summed E-state index contributed by atoms with van der Waals surface area (Å²) >= 11 is 1.52. The van der Waals surface area contributed by atoms with Crippen molar-refractivity contribution in [2.45, 2.75) is 32.4 Å². The van der Waals surface area contributed by atoms with Gasteiger partial charge in [-0.1, -0.05) is 0 Å². The Morgan fingerprint density at radius 1 is 1.57 bits per heavy atom. The quantitative estimate of drug-likeness (QED) is 0.885. The van der Waals surface area contributed by atoms with Crippen LogP contribution in [0.1, 0.15) is 23.5 Å². The van der Waals surface area contributed by atoms with Gasteiger partial charge in [-0.3, -0.25) is 0 Å². The van der Waals surface area contributed by atoms with Gasteiger partial charge in [-0.15, -0.1) is 11.3 Å². The maximum atomic E-state index is 11.9. The lowest BCUT2D eigenvalue weighted by atomic mass is 10.1. The lowest BCUT2D eigenvalue weighted by Gasteiger charge is -2.32. The third-order valence-corrected chi connectivity index (χ3v) is 4.22. The molecule has 2 heterocycles. The minimum Gasteiger partial charge on any atom is -0.453 e. The van der Waals surface area contributed by atoms with Crippen LogP contribution in [0.3, 0.4) is 0 Å². The van der Waals surface area contributed by atoms with Crippen molar-refractivity contribution in [1.29, 1.82) is 0 Å². The van der Waals surface area contributed by atoms with Gasteiger partial charge in [0.1, 0.15) is 5.01 Å². The first-order valence-electron chi connectivity index (χ1n) is 6.86. The zero-order valence-corrected chi connectivity index (χ0v) is 13.0. The summed E-state index contributed by atoms with van der Waals surface area (Å²) in [6.45, 7) is 3.49. The van der Waals surface area contributed by atoms with Crippen molar-refractivity contribution in [1.82, 2.24) is 20.5 Å². The Morgan fingerprint density at radius 2 is 2.38 bits per heavy atom. The van der Waals surface area contributed by atoms with E-state index in [4.69, 9.17) is 4.74 Å². The van der Waals surface area contributed by atoms with Crippen LogP contribution in [0.2, 0.25) is 0 Å². The van der Waals surface area contributed by atoms with E-state index in [1.807, 2.05) is 12.3 Å². The van der Waals surface area contributed by atoms with E-state index >= 15 is 0 Å². The molecule has 0 saturated carbocycles. The Balaban J connectivity index is 1.75. The zero-order valence-electron chi connectivity index (χ0n) is 12.2. The summed E-state index contributed by atoms with van der Waals surface area (Å²) in [5.74, 6) is 0. The van der Waals surface area contributed by atoms with Crippen molar-refractivity contribution >= 4 is 23.5 Å². The minimum absolute atomic E-state index is 0.0455. The van der Waals surface area contributed by atoms with Crippen molar-refractivity contribution in [2.24, 2.45) is 0 Å². The number of aryl methyl sites for hydroxylation is 1. The smallest absolute Gasteiger partial charge is 0.409 e. The summed E-state index contributed by atoms with van der Waals surface area (Å²) < 4.78 is 4.70. The fourth-order valence-electron chi connectivity index (χ4n) is 2.27. The van der Waals surface area contributed by atoms with Crippen LogP contribution >= 0.6 is 11.3 Å². The Kier molecular flexibility index (Phi) is 5.38. The van der Waals surface area contributed by atoms with E-state index in [1.54, 1.807) is 4.90 Å². The molecule has 1 aliphatic heterocycles. The zero-order chi connectivity index (χ0) is 15.2. The molecule has 0 radical (unpaired) electrons. The Morgan fingerprint density at radius 3 is 3.05 bits per heavy atom. The Labute approximate surface area is 127 Å². The fourth-order valence-corrected chi connectivity index (χ4v) is 2.98. The number of amides is 3. The van der Waals surface area contributed by atoms with Gasteiger partial charge < -0.3 is 20.3 Å². The first-order chi connectivity index (χ1) is 10.1. The number of ether oxygens (including phenoxy) is 1. The molecule has 0 aliphatic carbocycles. The van der Waals surface area contributed by atoms with Crippen molar-refractivity contribution in [3.8, 4) is 0 Å². The fraction of sp³-hybridized carbons (Fsp3) is 0.615. The van der Waals surface area contributed by atoms with Crippen LogP contribution in [0.4, 0.5) is 9.59 Å². The standard InChI is InChI=1S/C13H20N4O3S/c1-9-8-21-11(15-9)6-14-12(18)16-10-4-3-5-17(7-10)13(19)20-2/h8,10H,3-7H2,1-2H3,(H2,14,16,18)/t10-/m1/s1. The number of piperidine rings is 1. The molecule has 8 heteroatoms. The maximum Gasteiger partial charge on any atom is 0.409 e. The molecule has 7 nitrogen and oxygen atoms in total. The number of nitrogens with one attached hydrogen (secondary N) is 2. The molecule has 1 atom stereocenters. The van der Waals surface area contributed by atoms with Crippen molar-refractivity contribution in [2.75, 3.05) is 20.2 Å². The molecule has 1 aromatic heterocycles. The summed E-state index contributed by atoms with van der Waals surface area (Å²) in [7, 11) is 1.36. The highest BCUT2D eigenvalue weighted by Gasteiger charge is 2.25. The summed E-state index contributed by atoms with van der Waals surface area (Å²) in [5.41, 5.74) is 0.957. The second-order valence-electron chi connectivity index (χ2n) is 4.96. The predicted molar refractivity (Wildman–Crippen MR) is 79.2 cm³/mol. The van der Waals surface area contributed by atoms with Crippen molar-refractivity contribution < 1.29 is 14.3 Å². The number of thiazole rings is 1. The van der Waals surface area contributed by atoms with E-state index in [-0.39, 0.29) is 18.2 Å². The number of likely N-dealkylation sites (tertiary alicyclic amines) is 1. The highest BCUT2D eigenvalue weighted by Crippen LogP contribution is 2.11. The van der Waals surface area contributed by atoms with Crippen LogP contribution in [0.25, 0.3) is 0 Å². The molecule has 21 heavy (non-hydrogen) atoms. The maximum absolute atomic E-state index is 11.9. The van der Waals surface area contributed by atoms with Gasteiger partial charge in [0, 0.05) is 30.2 Å². The van der Waals surface area contributed by atoms with Crippen LogP contribution in [-0.4, -0.2) is 48.2 Å². The average Bonchev–Trinajstić information content (AvgIpc) is 2.90. The third-order valence-electron chi connectivity index (χ3n) is 3.26. The van der Waals surface area contributed by atoms with Crippen molar-refractivity contribution in [3.63, 3.8) is 0 Å². The molecule has 1 aliphatic rings. The lowest BCUT2D eigenvalue weighted by Crippen LogP contribution is -2.51. The summed E-state index contributed by atoms with van der Waals surface area (Å²) in [4.78, 5) is 29.2. The number of aromatic nitrogens is 1.